The Morgan fingerprint density at radius 1 is 1.14 bits per heavy atom. The third-order valence-corrected chi connectivity index (χ3v) is 3.64. The lowest BCUT2D eigenvalue weighted by Crippen LogP contribution is -2.29. The van der Waals surface area contributed by atoms with Gasteiger partial charge in [-0.25, -0.2) is 0 Å². The number of phenolic OH excluding ortho intramolecular Hbond substituents is 1. The van der Waals surface area contributed by atoms with Crippen LogP contribution in [0.5, 0.6) is 5.75 Å². The molecule has 116 valence electrons. The third-order valence-electron chi connectivity index (χ3n) is 3.64. The van der Waals surface area contributed by atoms with Gasteiger partial charge in [0.25, 0.3) is 5.91 Å². The number of aliphatic hydroxyl groups is 1. The van der Waals surface area contributed by atoms with Crippen LogP contribution in [0, 0.1) is 6.92 Å². The lowest BCUT2D eigenvalue weighted by Gasteiger charge is -2.19. The van der Waals surface area contributed by atoms with Crippen molar-refractivity contribution in [2.75, 3.05) is 6.61 Å². The van der Waals surface area contributed by atoms with E-state index in [0.717, 1.165) is 5.56 Å². The van der Waals surface area contributed by atoms with E-state index in [1.165, 1.54) is 0 Å². The molecule has 0 aromatic heterocycles. The van der Waals surface area contributed by atoms with Gasteiger partial charge in [-0.1, -0.05) is 42.5 Å². The molecule has 4 heteroatoms. The molecule has 0 aliphatic heterocycles. The average Bonchev–Trinajstić information content (AvgIpc) is 2.54. The second kappa shape index (κ2) is 7.61. The molecule has 22 heavy (non-hydrogen) atoms. The van der Waals surface area contributed by atoms with Crippen molar-refractivity contribution in [1.29, 1.82) is 0 Å². The van der Waals surface area contributed by atoms with Gasteiger partial charge in [0, 0.05) is 6.61 Å². The predicted octanol–water partition coefficient (Wildman–Crippen LogP) is 2.94. The summed E-state index contributed by atoms with van der Waals surface area (Å²) in [6.07, 6.45) is 1.23. The first kappa shape index (κ1) is 16.0. The summed E-state index contributed by atoms with van der Waals surface area (Å²) in [6.45, 7) is 1.83. The van der Waals surface area contributed by atoms with Gasteiger partial charge in [0.2, 0.25) is 0 Å². The number of carbonyl (C=O) groups is 1. The van der Waals surface area contributed by atoms with Gasteiger partial charge in [-0.15, -0.1) is 0 Å². The average molecular weight is 299 g/mol. The minimum absolute atomic E-state index is 0.00831. The van der Waals surface area contributed by atoms with Gasteiger partial charge in [-0.3, -0.25) is 4.79 Å². The molecule has 0 heterocycles. The molecule has 2 aromatic carbocycles. The summed E-state index contributed by atoms with van der Waals surface area (Å²) in [7, 11) is 0. The molecule has 0 radical (unpaired) electrons. The number of amides is 1. The van der Waals surface area contributed by atoms with Crippen LogP contribution in [0.1, 0.15) is 40.4 Å². The van der Waals surface area contributed by atoms with Gasteiger partial charge < -0.3 is 15.5 Å². The van der Waals surface area contributed by atoms with Gasteiger partial charge in [-0.05, 0) is 37.0 Å². The largest absolute Gasteiger partial charge is 0.507 e. The number of aliphatic hydroxyl groups excluding tert-OH is 1. The minimum Gasteiger partial charge on any atom is -0.507 e. The molecule has 4 nitrogen and oxygen atoms in total. The standard InChI is InChI=1S/C18H21NO3/c1-13-7-5-10-15(17(13)21)18(22)19-16(11-6-12-20)14-8-3-2-4-9-14/h2-5,7-10,16,20-21H,6,11-12H2,1H3,(H,19,22). The number of hydrogen-bond donors (Lipinski definition) is 3. The van der Waals surface area contributed by atoms with Gasteiger partial charge in [-0.2, -0.15) is 0 Å². The Kier molecular flexibility index (Phi) is 5.55. The van der Waals surface area contributed by atoms with Crippen LogP contribution in [0.3, 0.4) is 0 Å². The van der Waals surface area contributed by atoms with Crippen LogP contribution in [0.15, 0.2) is 48.5 Å². The summed E-state index contributed by atoms with van der Waals surface area (Å²) in [6, 6.07) is 14.5. The van der Waals surface area contributed by atoms with E-state index in [1.54, 1.807) is 25.1 Å². The molecule has 0 saturated heterocycles. The SMILES string of the molecule is Cc1cccc(C(=O)NC(CCCO)c2ccccc2)c1O. The van der Waals surface area contributed by atoms with Crippen molar-refractivity contribution >= 4 is 5.91 Å². The number of para-hydroxylation sites is 1. The van der Waals surface area contributed by atoms with E-state index in [4.69, 9.17) is 5.11 Å². The highest BCUT2D eigenvalue weighted by atomic mass is 16.3. The summed E-state index contributed by atoms with van der Waals surface area (Å²) in [4.78, 5) is 12.4. The van der Waals surface area contributed by atoms with Crippen LogP contribution < -0.4 is 5.32 Å². The van der Waals surface area contributed by atoms with Crippen LogP contribution >= 0.6 is 0 Å². The third kappa shape index (κ3) is 3.86. The van der Waals surface area contributed by atoms with Gasteiger partial charge in [0.1, 0.15) is 5.75 Å². The molecule has 0 fully saturated rings. The molecule has 0 spiro atoms. The van der Waals surface area contributed by atoms with E-state index < -0.39 is 0 Å². The smallest absolute Gasteiger partial charge is 0.255 e. The molecule has 1 atom stereocenters. The Labute approximate surface area is 130 Å². The minimum atomic E-state index is -0.312. The monoisotopic (exact) mass is 299 g/mol. The second-order valence-corrected chi connectivity index (χ2v) is 5.27. The number of aryl methyl sites for hydroxylation is 1. The normalized spacial score (nSPS) is 11.9. The first-order valence-electron chi connectivity index (χ1n) is 7.38. The molecular formula is C18H21NO3. The highest BCUT2D eigenvalue weighted by molar-refractivity contribution is 5.97. The maximum Gasteiger partial charge on any atom is 0.255 e. The molecule has 2 rings (SSSR count). The Balaban J connectivity index is 2.19. The maximum absolute atomic E-state index is 12.4. The molecule has 1 unspecified atom stereocenters. The quantitative estimate of drug-likeness (QED) is 0.768. The summed E-state index contributed by atoms with van der Waals surface area (Å²) in [5.74, 6) is -0.304. The van der Waals surface area contributed by atoms with E-state index in [0.29, 0.717) is 18.4 Å². The van der Waals surface area contributed by atoms with E-state index in [9.17, 15) is 9.90 Å². The Hall–Kier alpha value is -2.33. The van der Waals surface area contributed by atoms with Crippen molar-refractivity contribution < 1.29 is 15.0 Å². The van der Waals surface area contributed by atoms with E-state index in [1.807, 2.05) is 30.3 Å². The van der Waals surface area contributed by atoms with E-state index >= 15 is 0 Å². The molecule has 0 saturated carbocycles. The zero-order valence-electron chi connectivity index (χ0n) is 12.6. The Bertz CT molecular complexity index is 625. The molecule has 0 bridgehead atoms. The van der Waals surface area contributed by atoms with E-state index in [-0.39, 0.29) is 29.9 Å². The lowest BCUT2D eigenvalue weighted by molar-refractivity contribution is 0.0929. The van der Waals surface area contributed by atoms with Crippen molar-refractivity contribution in [2.24, 2.45) is 0 Å². The summed E-state index contributed by atoms with van der Waals surface area (Å²) in [5.41, 5.74) is 1.92. The molecule has 0 aliphatic carbocycles. The van der Waals surface area contributed by atoms with Crippen LogP contribution in [-0.2, 0) is 0 Å². The van der Waals surface area contributed by atoms with E-state index in [2.05, 4.69) is 5.32 Å². The Morgan fingerprint density at radius 3 is 2.55 bits per heavy atom. The first-order valence-corrected chi connectivity index (χ1v) is 7.38. The van der Waals surface area contributed by atoms with Crippen molar-refractivity contribution in [3.05, 3.63) is 65.2 Å². The second-order valence-electron chi connectivity index (χ2n) is 5.27. The molecular weight excluding hydrogens is 278 g/mol. The highest BCUT2D eigenvalue weighted by Crippen LogP contribution is 2.24. The number of nitrogens with one attached hydrogen (secondary N) is 1. The van der Waals surface area contributed by atoms with Gasteiger partial charge in [0.15, 0.2) is 0 Å². The fraction of sp³-hybridized carbons (Fsp3) is 0.278. The number of benzene rings is 2. The fourth-order valence-corrected chi connectivity index (χ4v) is 2.38. The van der Waals surface area contributed by atoms with Crippen LogP contribution in [-0.4, -0.2) is 22.7 Å². The van der Waals surface area contributed by atoms with Crippen LogP contribution in [0.25, 0.3) is 0 Å². The van der Waals surface area contributed by atoms with Gasteiger partial charge >= 0.3 is 0 Å². The molecule has 3 N–H and O–H groups in total. The summed E-state index contributed by atoms with van der Waals surface area (Å²) < 4.78 is 0. The zero-order valence-corrected chi connectivity index (χ0v) is 12.6. The lowest BCUT2D eigenvalue weighted by atomic mass is 10.0. The molecule has 2 aromatic rings. The van der Waals surface area contributed by atoms with Crippen LogP contribution in [0.4, 0.5) is 0 Å². The number of rotatable bonds is 6. The van der Waals surface area contributed by atoms with Gasteiger partial charge in [0.05, 0.1) is 11.6 Å². The first-order chi connectivity index (χ1) is 10.6. The van der Waals surface area contributed by atoms with Crippen molar-refractivity contribution in [3.63, 3.8) is 0 Å². The number of phenols is 1. The topological polar surface area (TPSA) is 69.6 Å². The molecule has 0 aliphatic rings. The number of carbonyl (C=O) groups excluding carboxylic acids is 1. The summed E-state index contributed by atoms with van der Waals surface area (Å²) >= 11 is 0. The number of aromatic hydroxyl groups is 1. The van der Waals surface area contributed by atoms with Crippen molar-refractivity contribution in [2.45, 2.75) is 25.8 Å². The van der Waals surface area contributed by atoms with Crippen molar-refractivity contribution in [3.8, 4) is 5.75 Å². The maximum atomic E-state index is 12.4. The van der Waals surface area contributed by atoms with Crippen molar-refractivity contribution in [1.82, 2.24) is 5.32 Å². The predicted molar refractivity (Wildman–Crippen MR) is 85.8 cm³/mol. The highest BCUT2D eigenvalue weighted by Gasteiger charge is 2.18. The fourth-order valence-electron chi connectivity index (χ4n) is 2.38. The van der Waals surface area contributed by atoms with Crippen LogP contribution in [0.2, 0.25) is 0 Å². The zero-order chi connectivity index (χ0) is 15.9. The Morgan fingerprint density at radius 2 is 1.86 bits per heavy atom. The molecule has 1 amide bonds. The number of hydrogen-bond acceptors (Lipinski definition) is 3. The summed E-state index contributed by atoms with van der Waals surface area (Å²) in [5, 5.41) is 22.0.